The van der Waals surface area contributed by atoms with Gasteiger partial charge in [0, 0.05) is 16.5 Å². The number of rotatable bonds is 7. The average Bonchev–Trinajstić information content (AvgIpc) is 3.47. The van der Waals surface area contributed by atoms with Crippen molar-refractivity contribution in [2.75, 3.05) is 0 Å². The number of hydrogen-bond donors (Lipinski definition) is 0. The van der Waals surface area contributed by atoms with Gasteiger partial charge in [0.25, 0.3) is 0 Å². The van der Waals surface area contributed by atoms with Crippen LogP contribution in [0.5, 0.6) is 0 Å². The molecule has 0 radical (unpaired) electrons. The van der Waals surface area contributed by atoms with Gasteiger partial charge in [-0.25, -0.2) is 9.97 Å². The highest BCUT2D eigenvalue weighted by Gasteiger charge is 2.28. The quantitative estimate of drug-likeness (QED) is 0.167. The van der Waals surface area contributed by atoms with Crippen LogP contribution in [0.25, 0.3) is 50.3 Å². The third-order valence-electron chi connectivity index (χ3n) is 9.45. The van der Waals surface area contributed by atoms with Crippen LogP contribution in [0.2, 0.25) is 13.1 Å². The Labute approximate surface area is 273 Å². The number of para-hydroxylation sites is 4. The van der Waals surface area contributed by atoms with Gasteiger partial charge in [0.15, 0.2) is 0 Å². The van der Waals surface area contributed by atoms with Crippen molar-refractivity contribution in [3.63, 3.8) is 0 Å². The highest BCUT2D eigenvalue weighted by molar-refractivity contribution is 7.00. The van der Waals surface area contributed by atoms with Crippen molar-refractivity contribution in [2.24, 2.45) is 0 Å². The van der Waals surface area contributed by atoms with Gasteiger partial charge in [0.2, 0.25) is 0 Å². The number of benzene rings is 5. The Hall–Kier alpha value is -4.80. The van der Waals surface area contributed by atoms with Gasteiger partial charge in [-0.15, -0.1) is 0 Å². The summed E-state index contributed by atoms with van der Waals surface area (Å²) in [4.78, 5) is 10.3. The molecule has 0 spiro atoms. The summed E-state index contributed by atoms with van der Waals surface area (Å²) in [5.74, 6) is 1.76. The van der Waals surface area contributed by atoms with Crippen molar-refractivity contribution >= 4 is 40.4 Å². The second-order valence-electron chi connectivity index (χ2n) is 13.5. The normalized spacial score (nSPS) is 12.1. The molecule has 0 fully saturated rings. The molecule has 7 rings (SSSR count). The van der Waals surface area contributed by atoms with Crippen molar-refractivity contribution in [2.45, 2.75) is 52.6 Å². The minimum Gasteiger partial charge on any atom is -0.292 e. The van der Waals surface area contributed by atoms with Gasteiger partial charge in [-0.3, -0.25) is 4.57 Å². The first-order valence-corrected chi connectivity index (χ1v) is 19.4. The Morgan fingerprint density at radius 3 is 1.83 bits per heavy atom. The van der Waals surface area contributed by atoms with Crippen LogP contribution in [0.15, 0.2) is 127 Å². The first kappa shape index (κ1) is 29.9. The number of imidazole rings is 1. The molecule has 4 heteroatoms. The van der Waals surface area contributed by atoms with E-state index in [4.69, 9.17) is 9.97 Å². The van der Waals surface area contributed by atoms with Crippen LogP contribution in [-0.2, 0) is 0 Å². The van der Waals surface area contributed by atoms with E-state index in [2.05, 4.69) is 173 Å². The van der Waals surface area contributed by atoms with E-state index >= 15 is 0 Å². The van der Waals surface area contributed by atoms with E-state index < -0.39 is 8.07 Å². The molecule has 0 atom stereocenters. The van der Waals surface area contributed by atoms with Crippen LogP contribution in [0.4, 0.5) is 0 Å². The molecule has 0 bridgehead atoms. The zero-order chi connectivity index (χ0) is 32.0. The molecular weight excluding hydrogens is 575 g/mol. The minimum absolute atomic E-state index is 0.379. The van der Waals surface area contributed by atoms with E-state index in [0.29, 0.717) is 11.8 Å². The molecule has 3 nitrogen and oxygen atoms in total. The summed E-state index contributed by atoms with van der Waals surface area (Å²) in [6.45, 7) is 14.1. The van der Waals surface area contributed by atoms with Gasteiger partial charge in [-0.05, 0) is 47.2 Å². The summed E-state index contributed by atoms with van der Waals surface area (Å²) in [5.41, 5.74) is 10.5. The average molecular weight is 616 g/mol. The smallest absolute Gasteiger partial charge is 0.145 e. The molecule has 228 valence electrons. The third kappa shape index (κ3) is 5.27. The van der Waals surface area contributed by atoms with E-state index in [1.165, 1.54) is 27.2 Å². The standard InChI is InChI=1S/C42H41N3Si/c1-28(2)35-19-13-20-36(29(3)4)41(35)45-40-23-10-9-22-39(40)44-42(45)32-16-12-18-34(27-32)46(5,6)33-17-11-15-31(26-33)38-25-24-30-14-7-8-21-37(30)43-38/h7-29H,1-6H3. The Bertz CT molecular complexity index is 2180. The van der Waals surface area contributed by atoms with E-state index in [1.807, 2.05) is 0 Å². The topological polar surface area (TPSA) is 30.7 Å². The summed E-state index contributed by atoms with van der Waals surface area (Å²) >= 11 is 0. The van der Waals surface area contributed by atoms with E-state index in [9.17, 15) is 0 Å². The molecule has 0 saturated carbocycles. The second-order valence-corrected chi connectivity index (χ2v) is 17.9. The first-order chi connectivity index (χ1) is 22.2. The molecular formula is C42H41N3Si. The Balaban J connectivity index is 1.36. The maximum Gasteiger partial charge on any atom is 0.145 e. The maximum absolute atomic E-state index is 5.30. The monoisotopic (exact) mass is 615 g/mol. The maximum atomic E-state index is 5.30. The molecule has 0 aliphatic carbocycles. The Morgan fingerprint density at radius 1 is 0.543 bits per heavy atom. The fourth-order valence-corrected chi connectivity index (χ4v) is 9.12. The van der Waals surface area contributed by atoms with E-state index in [0.717, 1.165) is 44.6 Å². The van der Waals surface area contributed by atoms with Crippen LogP contribution in [0.1, 0.15) is 50.7 Å². The lowest BCUT2D eigenvalue weighted by molar-refractivity contribution is 0.811. The molecule has 2 aromatic heterocycles. The largest absolute Gasteiger partial charge is 0.292 e. The summed E-state index contributed by atoms with van der Waals surface area (Å²) < 4.78 is 2.43. The lowest BCUT2D eigenvalue weighted by Crippen LogP contribution is -2.52. The minimum atomic E-state index is -2.10. The van der Waals surface area contributed by atoms with Crippen LogP contribution in [0.3, 0.4) is 0 Å². The van der Waals surface area contributed by atoms with Crippen LogP contribution in [-0.4, -0.2) is 22.6 Å². The predicted octanol–water partition coefficient (Wildman–Crippen LogP) is 9.98. The van der Waals surface area contributed by atoms with Crippen LogP contribution < -0.4 is 10.4 Å². The van der Waals surface area contributed by atoms with Crippen molar-refractivity contribution in [3.8, 4) is 28.3 Å². The van der Waals surface area contributed by atoms with Crippen molar-refractivity contribution < 1.29 is 0 Å². The molecule has 0 aliphatic heterocycles. The summed E-state index contributed by atoms with van der Waals surface area (Å²) in [6.07, 6.45) is 0. The molecule has 0 saturated heterocycles. The lowest BCUT2D eigenvalue weighted by atomic mass is 9.92. The van der Waals surface area contributed by atoms with Gasteiger partial charge >= 0.3 is 0 Å². The molecule has 0 aliphatic rings. The number of aromatic nitrogens is 3. The molecule has 2 heterocycles. The van der Waals surface area contributed by atoms with Gasteiger partial charge in [0.05, 0.1) is 27.9 Å². The SMILES string of the molecule is CC(C)c1cccc(C(C)C)c1-n1c(-c2cccc([Si](C)(C)c3cccc(-c4ccc5ccccc5n4)c3)c2)nc2ccccc21. The number of nitrogens with zero attached hydrogens (tertiary/aromatic N) is 3. The van der Waals surface area contributed by atoms with Crippen molar-refractivity contribution in [1.82, 2.24) is 14.5 Å². The number of hydrogen-bond acceptors (Lipinski definition) is 2. The predicted molar refractivity (Wildman–Crippen MR) is 199 cm³/mol. The van der Waals surface area contributed by atoms with Crippen LogP contribution in [0, 0.1) is 0 Å². The van der Waals surface area contributed by atoms with E-state index in [-0.39, 0.29) is 0 Å². The molecule has 0 N–H and O–H groups in total. The molecule has 0 amide bonds. The first-order valence-electron chi connectivity index (χ1n) is 16.4. The Kier molecular flexibility index (Phi) is 7.70. The molecule has 5 aromatic carbocycles. The summed E-state index contributed by atoms with van der Waals surface area (Å²) in [6, 6.07) is 46.2. The fraction of sp³-hybridized carbons (Fsp3) is 0.190. The van der Waals surface area contributed by atoms with Crippen LogP contribution >= 0.6 is 0 Å². The third-order valence-corrected chi connectivity index (χ3v) is 13.0. The van der Waals surface area contributed by atoms with Gasteiger partial charge in [0.1, 0.15) is 13.9 Å². The number of fused-ring (bicyclic) bond motifs is 2. The highest BCUT2D eigenvalue weighted by Crippen LogP contribution is 2.37. The second kappa shape index (κ2) is 11.8. The van der Waals surface area contributed by atoms with Gasteiger partial charge < -0.3 is 0 Å². The summed E-state index contributed by atoms with van der Waals surface area (Å²) in [7, 11) is -2.10. The van der Waals surface area contributed by atoms with Crippen molar-refractivity contribution in [1.29, 1.82) is 0 Å². The molecule has 46 heavy (non-hydrogen) atoms. The zero-order valence-corrected chi connectivity index (χ0v) is 28.6. The Morgan fingerprint density at radius 2 is 1.13 bits per heavy atom. The van der Waals surface area contributed by atoms with Crippen molar-refractivity contribution in [3.05, 3.63) is 139 Å². The van der Waals surface area contributed by atoms with Gasteiger partial charge in [-0.1, -0.05) is 154 Å². The zero-order valence-electron chi connectivity index (χ0n) is 27.6. The lowest BCUT2D eigenvalue weighted by Gasteiger charge is -2.25. The molecule has 0 unspecified atom stereocenters. The van der Waals surface area contributed by atoms with E-state index in [1.54, 1.807) is 0 Å². The number of pyridine rings is 1. The summed E-state index contributed by atoms with van der Waals surface area (Å²) in [5, 5.41) is 3.93. The highest BCUT2D eigenvalue weighted by atomic mass is 28.3. The molecule has 7 aromatic rings. The van der Waals surface area contributed by atoms with Gasteiger partial charge in [-0.2, -0.15) is 0 Å². The fourth-order valence-electron chi connectivity index (χ4n) is 6.72.